The Labute approximate surface area is 113 Å². The molecule has 18 heavy (non-hydrogen) atoms. The lowest BCUT2D eigenvalue weighted by atomic mass is 10.1. The minimum Gasteiger partial charge on any atom is -0.435 e. The molecule has 0 saturated heterocycles. The molecule has 0 saturated carbocycles. The average molecular weight is 276 g/mol. The van der Waals surface area contributed by atoms with E-state index < -0.39 is 8.25 Å². The van der Waals surface area contributed by atoms with Crippen molar-refractivity contribution in [1.29, 1.82) is 0 Å². The molecular weight excluding hydrogens is 247 g/mol. The SMILES string of the molecule is CCCCCCCCCCC=CO[PH](=O)OCC. The third-order valence-electron chi connectivity index (χ3n) is 2.75. The fourth-order valence-electron chi connectivity index (χ4n) is 1.72. The normalized spacial score (nSPS) is 13.0. The summed E-state index contributed by atoms with van der Waals surface area (Å²) in [6.45, 7) is 4.48. The Balaban J connectivity index is 3.15. The molecule has 0 radical (unpaired) electrons. The molecule has 1 unspecified atom stereocenters. The average Bonchev–Trinajstić information content (AvgIpc) is 2.36. The standard InChI is InChI=1S/C14H29O3P/c1-3-5-6-7-8-9-10-11-12-13-14-17-18(15)16-4-2/h13-14,18H,3-12H2,1-2H3. The molecule has 3 nitrogen and oxygen atoms in total. The summed E-state index contributed by atoms with van der Waals surface area (Å²) in [7, 11) is -2.29. The lowest BCUT2D eigenvalue weighted by molar-refractivity contribution is 0.285. The topological polar surface area (TPSA) is 35.5 Å². The van der Waals surface area contributed by atoms with Gasteiger partial charge in [-0.2, -0.15) is 0 Å². The minimum absolute atomic E-state index is 0.434. The fraction of sp³-hybridized carbons (Fsp3) is 0.857. The molecule has 0 bridgehead atoms. The van der Waals surface area contributed by atoms with Crippen LogP contribution < -0.4 is 0 Å². The molecular formula is C14H29O3P. The van der Waals surface area contributed by atoms with Crippen molar-refractivity contribution >= 4 is 8.25 Å². The Hall–Kier alpha value is -0.270. The Kier molecular flexibility index (Phi) is 14.6. The van der Waals surface area contributed by atoms with Crippen LogP contribution in [0.5, 0.6) is 0 Å². The number of allylic oxidation sites excluding steroid dienone is 1. The van der Waals surface area contributed by atoms with E-state index in [1.807, 2.05) is 6.08 Å². The second-order valence-electron chi connectivity index (χ2n) is 4.44. The number of unbranched alkanes of at least 4 members (excludes halogenated alkanes) is 8. The van der Waals surface area contributed by atoms with E-state index in [1.54, 1.807) is 6.92 Å². The molecule has 0 aliphatic heterocycles. The van der Waals surface area contributed by atoms with Crippen LogP contribution in [-0.2, 0) is 13.6 Å². The van der Waals surface area contributed by atoms with Gasteiger partial charge in [-0.05, 0) is 25.8 Å². The van der Waals surface area contributed by atoms with Crippen molar-refractivity contribution in [3.05, 3.63) is 12.3 Å². The summed E-state index contributed by atoms with van der Waals surface area (Å²) in [6.07, 6.45) is 15.0. The summed E-state index contributed by atoms with van der Waals surface area (Å²) >= 11 is 0. The third-order valence-corrected chi connectivity index (χ3v) is 3.60. The maximum absolute atomic E-state index is 11.0. The summed E-state index contributed by atoms with van der Waals surface area (Å²) in [5.41, 5.74) is 0. The van der Waals surface area contributed by atoms with Gasteiger partial charge in [-0.25, -0.2) is 4.57 Å². The number of rotatable bonds is 13. The van der Waals surface area contributed by atoms with E-state index in [-0.39, 0.29) is 0 Å². The third kappa shape index (κ3) is 13.8. The van der Waals surface area contributed by atoms with Gasteiger partial charge in [0.2, 0.25) is 0 Å². The summed E-state index contributed by atoms with van der Waals surface area (Å²) in [5, 5.41) is 0. The first kappa shape index (κ1) is 17.7. The van der Waals surface area contributed by atoms with Crippen LogP contribution >= 0.6 is 8.25 Å². The molecule has 108 valence electrons. The Bertz CT molecular complexity index is 217. The largest absolute Gasteiger partial charge is 0.435 e. The van der Waals surface area contributed by atoms with E-state index in [2.05, 4.69) is 6.92 Å². The first-order chi connectivity index (χ1) is 8.81. The molecule has 0 aliphatic rings. The van der Waals surface area contributed by atoms with E-state index in [1.165, 1.54) is 57.6 Å². The van der Waals surface area contributed by atoms with Crippen molar-refractivity contribution in [2.45, 2.75) is 71.6 Å². The van der Waals surface area contributed by atoms with Crippen molar-refractivity contribution < 1.29 is 13.6 Å². The molecule has 0 rings (SSSR count). The molecule has 0 aromatic heterocycles. The summed E-state index contributed by atoms with van der Waals surface area (Å²) in [4.78, 5) is 0. The molecule has 1 atom stereocenters. The van der Waals surface area contributed by atoms with Gasteiger partial charge in [-0.1, -0.05) is 51.9 Å². The van der Waals surface area contributed by atoms with Crippen molar-refractivity contribution in [2.24, 2.45) is 0 Å². The smallest absolute Gasteiger partial charge is 0.367 e. The molecule has 4 heteroatoms. The van der Waals surface area contributed by atoms with Crippen molar-refractivity contribution in [3.63, 3.8) is 0 Å². The van der Waals surface area contributed by atoms with E-state index in [0.29, 0.717) is 6.61 Å². The lowest BCUT2D eigenvalue weighted by Crippen LogP contribution is -1.80. The van der Waals surface area contributed by atoms with Crippen LogP contribution in [-0.4, -0.2) is 6.61 Å². The van der Waals surface area contributed by atoms with Crippen LogP contribution in [0.3, 0.4) is 0 Å². The zero-order valence-electron chi connectivity index (χ0n) is 12.0. The minimum atomic E-state index is -2.29. The zero-order valence-corrected chi connectivity index (χ0v) is 13.0. The van der Waals surface area contributed by atoms with E-state index in [0.717, 1.165) is 6.42 Å². The van der Waals surface area contributed by atoms with Crippen LogP contribution in [0.25, 0.3) is 0 Å². The van der Waals surface area contributed by atoms with Gasteiger partial charge >= 0.3 is 8.25 Å². The highest BCUT2D eigenvalue weighted by atomic mass is 31.1. The summed E-state index contributed by atoms with van der Waals surface area (Å²) < 4.78 is 20.7. The Morgan fingerprint density at radius 2 is 1.56 bits per heavy atom. The van der Waals surface area contributed by atoms with Gasteiger partial charge in [-0.3, -0.25) is 0 Å². The van der Waals surface area contributed by atoms with Crippen molar-refractivity contribution in [2.75, 3.05) is 6.61 Å². The number of hydrogen-bond donors (Lipinski definition) is 0. The molecule has 0 aromatic rings. The molecule has 0 spiro atoms. The summed E-state index contributed by atoms with van der Waals surface area (Å²) in [6, 6.07) is 0. The second-order valence-corrected chi connectivity index (χ2v) is 5.46. The number of hydrogen-bond acceptors (Lipinski definition) is 3. The monoisotopic (exact) mass is 276 g/mol. The van der Waals surface area contributed by atoms with Gasteiger partial charge in [0.05, 0.1) is 12.9 Å². The highest BCUT2D eigenvalue weighted by Gasteiger charge is 1.93. The maximum Gasteiger partial charge on any atom is 0.367 e. The first-order valence-electron chi connectivity index (χ1n) is 7.29. The molecule has 0 fully saturated rings. The fourth-order valence-corrected chi connectivity index (χ4v) is 2.23. The molecule has 0 amide bonds. The van der Waals surface area contributed by atoms with Gasteiger partial charge in [0.25, 0.3) is 0 Å². The highest BCUT2D eigenvalue weighted by molar-refractivity contribution is 7.33. The quantitative estimate of drug-likeness (QED) is 0.254. The van der Waals surface area contributed by atoms with Gasteiger partial charge in [-0.15, -0.1) is 0 Å². The van der Waals surface area contributed by atoms with Gasteiger partial charge in [0, 0.05) is 0 Å². The Morgan fingerprint density at radius 1 is 0.944 bits per heavy atom. The van der Waals surface area contributed by atoms with Gasteiger partial charge < -0.3 is 9.05 Å². The van der Waals surface area contributed by atoms with E-state index in [4.69, 9.17) is 9.05 Å². The van der Waals surface area contributed by atoms with Crippen LogP contribution in [0, 0.1) is 0 Å². The molecule has 0 aromatic carbocycles. The van der Waals surface area contributed by atoms with Crippen molar-refractivity contribution in [3.8, 4) is 0 Å². The van der Waals surface area contributed by atoms with Gasteiger partial charge in [0.15, 0.2) is 0 Å². The molecule has 0 heterocycles. The maximum atomic E-state index is 11.0. The second kappa shape index (κ2) is 14.8. The molecule has 0 N–H and O–H groups in total. The van der Waals surface area contributed by atoms with Crippen molar-refractivity contribution in [1.82, 2.24) is 0 Å². The predicted molar refractivity (Wildman–Crippen MR) is 78.1 cm³/mol. The van der Waals surface area contributed by atoms with Crippen LogP contribution in [0.15, 0.2) is 12.3 Å². The van der Waals surface area contributed by atoms with E-state index >= 15 is 0 Å². The first-order valence-corrected chi connectivity index (χ1v) is 8.52. The Morgan fingerprint density at radius 3 is 2.17 bits per heavy atom. The van der Waals surface area contributed by atoms with Crippen LogP contribution in [0.4, 0.5) is 0 Å². The van der Waals surface area contributed by atoms with E-state index in [9.17, 15) is 4.57 Å². The zero-order chi connectivity index (χ0) is 13.5. The lowest BCUT2D eigenvalue weighted by Gasteiger charge is -2.00. The van der Waals surface area contributed by atoms with Crippen LogP contribution in [0.2, 0.25) is 0 Å². The summed E-state index contributed by atoms with van der Waals surface area (Å²) in [5.74, 6) is 0. The predicted octanol–water partition coefficient (Wildman–Crippen LogP) is 5.47. The van der Waals surface area contributed by atoms with Crippen LogP contribution in [0.1, 0.15) is 71.6 Å². The van der Waals surface area contributed by atoms with Gasteiger partial charge in [0.1, 0.15) is 0 Å². The highest BCUT2D eigenvalue weighted by Crippen LogP contribution is 2.23. The molecule has 0 aliphatic carbocycles.